The molecule has 0 saturated carbocycles. The molecule has 0 atom stereocenters. The Balaban J connectivity index is 2.06. The van der Waals surface area contributed by atoms with E-state index in [-0.39, 0.29) is 0 Å². The maximum atomic E-state index is 6.00. The van der Waals surface area contributed by atoms with Crippen LogP contribution < -0.4 is 10.5 Å². The lowest BCUT2D eigenvalue weighted by atomic mass is 10.3. The van der Waals surface area contributed by atoms with Gasteiger partial charge in [-0.05, 0) is 26.0 Å². The smallest absolute Gasteiger partial charge is 0.214 e. The standard InChI is InChI=1S/C14H16N4O2/c1-3-19-11-6-4-5-10-13(11)17-14(15)18(10)8-12-16-7-9(2)20-12/h4-7H,3,8H2,1-2H3,(H2,15,17). The number of nitrogens with two attached hydrogens (primary N) is 1. The number of hydrogen-bond acceptors (Lipinski definition) is 5. The molecule has 0 aliphatic heterocycles. The van der Waals surface area contributed by atoms with E-state index < -0.39 is 0 Å². The van der Waals surface area contributed by atoms with Crippen molar-refractivity contribution in [3.8, 4) is 5.75 Å². The second-order valence-electron chi connectivity index (χ2n) is 4.48. The Labute approximate surface area is 116 Å². The molecule has 0 saturated heterocycles. The van der Waals surface area contributed by atoms with Crippen molar-refractivity contribution in [1.29, 1.82) is 0 Å². The number of anilines is 1. The van der Waals surface area contributed by atoms with Crippen LogP contribution in [0.3, 0.4) is 0 Å². The number of para-hydroxylation sites is 1. The molecule has 104 valence electrons. The zero-order chi connectivity index (χ0) is 14.1. The minimum absolute atomic E-state index is 0.419. The maximum Gasteiger partial charge on any atom is 0.214 e. The highest BCUT2D eigenvalue weighted by Gasteiger charge is 2.14. The second-order valence-corrected chi connectivity index (χ2v) is 4.48. The molecule has 0 amide bonds. The number of aryl methyl sites for hydroxylation is 1. The molecule has 2 N–H and O–H groups in total. The van der Waals surface area contributed by atoms with Gasteiger partial charge in [0.05, 0.1) is 18.3 Å². The molecular weight excluding hydrogens is 256 g/mol. The number of rotatable bonds is 4. The number of benzene rings is 1. The molecule has 20 heavy (non-hydrogen) atoms. The SMILES string of the molecule is CCOc1cccc2c1nc(N)n2Cc1ncc(C)o1. The number of imidazole rings is 1. The van der Waals surface area contributed by atoms with E-state index in [1.807, 2.05) is 36.6 Å². The van der Waals surface area contributed by atoms with Gasteiger partial charge in [0.2, 0.25) is 11.8 Å². The van der Waals surface area contributed by atoms with E-state index in [9.17, 15) is 0 Å². The Bertz CT molecular complexity index is 745. The predicted octanol–water partition coefficient (Wildman–Crippen LogP) is 2.36. The first-order chi connectivity index (χ1) is 9.69. The first-order valence-electron chi connectivity index (χ1n) is 6.48. The zero-order valence-electron chi connectivity index (χ0n) is 11.5. The monoisotopic (exact) mass is 272 g/mol. The van der Waals surface area contributed by atoms with Crippen molar-refractivity contribution in [3.05, 3.63) is 36.0 Å². The van der Waals surface area contributed by atoms with Gasteiger partial charge in [-0.1, -0.05) is 6.07 Å². The molecular formula is C14H16N4O2. The van der Waals surface area contributed by atoms with Crippen LogP contribution in [0.2, 0.25) is 0 Å². The quantitative estimate of drug-likeness (QED) is 0.788. The van der Waals surface area contributed by atoms with E-state index in [1.54, 1.807) is 6.20 Å². The van der Waals surface area contributed by atoms with E-state index >= 15 is 0 Å². The average molecular weight is 272 g/mol. The molecule has 3 rings (SSSR count). The van der Waals surface area contributed by atoms with Gasteiger partial charge in [0.15, 0.2) is 0 Å². The normalized spacial score (nSPS) is 11.1. The van der Waals surface area contributed by atoms with Crippen LogP contribution in [0, 0.1) is 6.92 Å². The summed E-state index contributed by atoms with van der Waals surface area (Å²) in [5, 5.41) is 0. The van der Waals surface area contributed by atoms with E-state index in [2.05, 4.69) is 9.97 Å². The van der Waals surface area contributed by atoms with Crippen LogP contribution in [0.15, 0.2) is 28.8 Å². The Morgan fingerprint density at radius 2 is 2.25 bits per heavy atom. The van der Waals surface area contributed by atoms with Crippen molar-refractivity contribution in [3.63, 3.8) is 0 Å². The molecule has 0 unspecified atom stereocenters. The number of aromatic nitrogens is 3. The minimum Gasteiger partial charge on any atom is -0.492 e. The number of nitrogens with zero attached hydrogens (tertiary/aromatic N) is 3. The van der Waals surface area contributed by atoms with Crippen molar-refractivity contribution in [2.45, 2.75) is 20.4 Å². The molecule has 0 radical (unpaired) electrons. The van der Waals surface area contributed by atoms with Gasteiger partial charge in [-0.3, -0.25) is 0 Å². The van der Waals surface area contributed by atoms with Gasteiger partial charge in [0.25, 0.3) is 0 Å². The molecule has 1 aromatic carbocycles. The molecule has 0 bridgehead atoms. The number of nitrogen functional groups attached to an aromatic ring is 1. The zero-order valence-corrected chi connectivity index (χ0v) is 11.5. The molecule has 2 heterocycles. The lowest BCUT2D eigenvalue weighted by Crippen LogP contribution is -2.04. The van der Waals surface area contributed by atoms with Crippen LogP contribution in [0.1, 0.15) is 18.6 Å². The third-order valence-electron chi connectivity index (χ3n) is 3.03. The fraction of sp³-hybridized carbons (Fsp3) is 0.286. The summed E-state index contributed by atoms with van der Waals surface area (Å²) in [4.78, 5) is 8.58. The molecule has 3 aromatic rings. The van der Waals surface area contributed by atoms with Crippen LogP contribution in [0.5, 0.6) is 5.75 Å². The topological polar surface area (TPSA) is 79.1 Å². The highest BCUT2D eigenvalue weighted by molar-refractivity contribution is 5.84. The van der Waals surface area contributed by atoms with Gasteiger partial charge in [-0.25, -0.2) is 9.97 Å². The predicted molar refractivity (Wildman–Crippen MR) is 75.7 cm³/mol. The summed E-state index contributed by atoms with van der Waals surface area (Å²) in [7, 11) is 0. The molecule has 6 heteroatoms. The average Bonchev–Trinajstić information content (AvgIpc) is 2.97. The van der Waals surface area contributed by atoms with Crippen LogP contribution in [-0.4, -0.2) is 21.1 Å². The summed E-state index contributed by atoms with van der Waals surface area (Å²) >= 11 is 0. The van der Waals surface area contributed by atoms with E-state index in [0.717, 1.165) is 22.5 Å². The summed E-state index contributed by atoms with van der Waals surface area (Å²) in [6.07, 6.45) is 1.69. The Morgan fingerprint density at radius 1 is 1.40 bits per heavy atom. The van der Waals surface area contributed by atoms with Crippen LogP contribution in [-0.2, 0) is 6.54 Å². The lowest BCUT2D eigenvalue weighted by molar-refractivity contribution is 0.343. The van der Waals surface area contributed by atoms with Crippen molar-refractivity contribution in [2.24, 2.45) is 0 Å². The second kappa shape index (κ2) is 4.88. The first kappa shape index (κ1) is 12.5. The van der Waals surface area contributed by atoms with Crippen LogP contribution in [0.25, 0.3) is 11.0 Å². The third kappa shape index (κ3) is 2.09. The molecule has 0 aliphatic rings. The highest BCUT2D eigenvalue weighted by Crippen LogP contribution is 2.27. The number of hydrogen-bond donors (Lipinski definition) is 1. The van der Waals surface area contributed by atoms with Gasteiger partial charge in [-0.15, -0.1) is 0 Å². The summed E-state index contributed by atoms with van der Waals surface area (Å²) in [6, 6.07) is 5.76. The van der Waals surface area contributed by atoms with E-state index in [4.69, 9.17) is 14.9 Å². The third-order valence-corrected chi connectivity index (χ3v) is 3.03. The Hall–Kier alpha value is -2.50. The highest BCUT2D eigenvalue weighted by atomic mass is 16.5. The molecule has 0 spiro atoms. The van der Waals surface area contributed by atoms with Crippen LogP contribution >= 0.6 is 0 Å². The van der Waals surface area contributed by atoms with E-state index in [0.29, 0.717) is 25.0 Å². The fourth-order valence-corrected chi connectivity index (χ4v) is 2.19. The summed E-state index contributed by atoms with van der Waals surface area (Å²) in [5.41, 5.74) is 7.67. The number of fused-ring (bicyclic) bond motifs is 1. The van der Waals surface area contributed by atoms with Crippen molar-refractivity contribution in [2.75, 3.05) is 12.3 Å². The van der Waals surface area contributed by atoms with Crippen molar-refractivity contribution >= 4 is 17.0 Å². The number of oxazole rings is 1. The summed E-state index contributed by atoms with van der Waals surface area (Å²) < 4.78 is 12.9. The maximum absolute atomic E-state index is 6.00. The minimum atomic E-state index is 0.419. The van der Waals surface area contributed by atoms with Crippen LogP contribution in [0.4, 0.5) is 5.95 Å². The Morgan fingerprint density at radius 3 is 2.95 bits per heavy atom. The van der Waals surface area contributed by atoms with Gasteiger partial charge < -0.3 is 19.5 Å². The number of ether oxygens (including phenoxy) is 1. The van der Waals surface area contributed by atoms with Gasteiger partial charge in [0.1, 0.15) is 23.6 Å². The fourth-order valence-electron chi connectivity index (χ4n) is 2.19. The summed E-state index contributed by atoms with van der Waals surface area (Å²) in [6.45, 7) is 4.84. The van der Waals surface area contributed by atoms with Gasteiger partial charge in [0, 0.05) is 0 Å². The van der Waals surface area contributed by atoms with E-state index in [1.165, 1.54) is 0 Å². The first-order valence-corrected chi connectivity index (χ1v) is 6.48. The van der Waals surface area contributed by atoms with Gasteiger partial charge in [-0.2, -0.15) is 0 Å². The summed E-state index contributed by atoms with van der Waals surface area (Å²) in [5.74, 6) is 2.54. The molecule has 2 aromatic heterocycles. The molecule has 0 fully saturated rings. The Kier molecular flexibility index (Phi) is 3.06. The molecule has 6 nitrogen and oxygen atoms in total. The largest absolute Gasteiger partial charge is 0.492 e. The van der Waals surface area contributed by atoms with Crippen molar-refractivity contribution in [1.82, 2.24) is 14.5 Å². The van der Waals surface area contributed by atoms with Crippen molar-refractivity contribution < 1.29 is 9.15 Å². The van der Waals surface area contributed by atoms with Gasteiger partial charge >= 0.3 is 0 Å². The molecule has 0 aliphatic carbocycles. The lowest BCUT2D eigenvalue weighted by Gasteiger charge is -2.05.